The maximum Gasteiger partial charge on any atom is 0.377 e. The fourth-order valence-corrected chi connectivity index (χ4v) is 1.74. The summed E-state index contributed by atoms with van der Waals surface area (Å²) >= 11 is 0. The van der Waals surface area contributed by atoms with Crippen LogP contribution >= 0.6 is 0 Å². The number of aromatic nitrogens is 3. The van der Waals surface area contributed by atoms with Gasteiger partial charge >= 0.3 is 5.97 Å². The molecule has 6 heteroatoms. The van der Waals surface area contributed by atoms with Gasteiger partial charge in [0.1, 0.15) is 6.33 Å². The molecule has 1 aromatic heterocycles. The number of carbonyl (C=O) groups excluding carboxylic acids is 1. The molecule has 0 saturated carbocycles. The summed E-state index contributed by atoms with van der Waals surface area (Å²) in [5, 5.41) is 4.05. The van der Waals surface area contributed by atoms with Crippen molar-refractivity contribution in [1.82, 2.24) is 19.7 Å². The second-order valence-corrected chi connectivity index (χ2v) is 4.24. The van der Waals surface area contributed by atoms with Crippen molar-refractivity contribution in [3.05, 3.63) is 48.0 Å². The van der Waals surface area contributed by atoms with Crippen LogP contribution in [0.15, 0.2) is 36.7 Å². The first kappa shape index (κ1) is 13.2. The number of hydrogen-bond donors (Lipinski definition) is 0. The Morgan fingerprint density at radius 2 is 2.11 bits per heavy atom. The molecule has 0 N–H and O–H groups in total. The number of hydrogen-bond acceptors (Lipinski definition) is 5. The first-order chi connectivity index (χ1) is 9.19. The largest absolute Gasteiger partial charge is 0.463 e. The topological polar surface area (TPSA) is 60.2 Å². The van der Waals surface area contributed by atoms with Crippen molar-refractivity contribution in [1.29, 1.82) is 0 Å². The van der Waals surface area contributed by atoms with Crippen molar-refractivity contribution in [3.63, 3.8) is 0 Å². The van der Waals surface area contributed by atoms with Crippen molar-refractivity contribution >= 4 is 5.97 Å². The molecule has 0 aliphatic heterocycles. The van der Waals surface area contributed by atoms with Crippen molar-refractivity contribution in [2.75, 3.05) is 14.2 Å². The zero-order chi connectivity index (χ0) is 13.7. The highest BCUT2D eigenvalue weighted by Crippen LogP contribution is 2.03. The number of nitrogens with zero attached hydrogens (tertiary/aromatic N) is 4. The van der Waals surface area contributed by atoms with Gasteiger partial charge in [-0.15, -0.1) is 5.10 Å². The van der Waals surface area contributed by atoms with Gasteiger partial charge in [0.25, 0.3) is 5.82 Å². The van der Waals surface area contributed by atoms with Crippen LogP contribution in [0.5, 0.6) is 0 Å². The van der Waals surface area contributed by atoms with Gasteiger partial charge in [-0.25, -0.2) is 14.5 Å². The Kier molecular flexibility index (Phi) is 4.25. The minimum absolute atomic E-state index is 0.0793. The van der Waals surface area contributed by atoms with Crippen LogP contribution in [-0.4, -0.2) is 39.8 Å². The standard InChI is InChI=1S/C13H16N4O2/c1-16(8-11-6-4-3-5-7-11)10-17-9-14-12(15-17)13(18)19-2/h3-7,9H,8,10H2,1-2H3. The monoisotopic (exact) mass is 260 g/mol. The van der Waals surface area contributed by atoms with Gasteiger partial charge in [-0.05, 0) is 12.6 Å². The van der Waals surface area contributed by atoms with Crippen LogP contribution in [0.2, 0.25) is 0 Å². The van der Waals surface area contributed by atoms with Crippen LogP contribution in [-0.2, 0) is 18.0 Å². The van der Waals surface area contributed by atoms with E-state index in [1.807, 2.05) is 25.2 Å². The van der Waals surface area contributed by atoms with Gasteiger partial charge in [-0.1, -0.05) is 30.3 Å². The molecular weight excluding hydrogens is 244 g/mol. The molecule has 100 valence electrons. The van der Waals surface area contributed by atoms with Gasteiger partial charge in [0.15, 0.2) is 0 Å². The molecule has 0 aliphatic carbocycles. The fraction of sp³-hybridized carbons (Fsp3) is 0.308. The van der Waals surface area contributed by atoms with Crippen LogP contribution in [0, 0.1) is 0 Å². The zero-order valence-corrected chi connectivity index (χ0v) is 11.0. The molecule has 0 spiro atoms. The quantitative estimate of drug-likeness (QED) is 0.755. The number of benzene rings is 1. The second kappa shape index (κ2) is 6.10. The minimum Gasteiger partial charge on any atom is -0.463 e. The summed E-state index contributed by atoms with van der Waals surface area (Å²) in [7, 11) is 3.29. The molecule has 0 aliphatic rings. The van der Waals surface area contributed by atoms with Crippen LogP contribution in [0.25, 0.3) is 0 Å². The Hall–Kier alpha value is -2.21. The Morgan fingerprint density at radius 3 is 2.79 bits per heavy atom. The lowest BCUT2D eigenvalue weighted by Crippen LogP contribution is -2.22. The Morgan fingerprint density at radius 1 is 1.37 bits per heavy atom. The van der Waals surface area contributed by atoms with Crippen molar-refractivity contribution in [2.45, 2.75) is 13.2 Å². The molecule has 2 aromatic rings. The molecule has 0 fully saturated rings. The van der Waals surface area contributed by atoms with E-state index in [1.54, 1.807) is 4.68 Å². The third kappa shape index (κ3) is 3.62. The summed E-state index contributed by atoms with van der Waals surface area (Å²) in [5.74, 6) is -0.444. The third-order valence-corrected chi connectivity index (χ3v) is 2.59. The smallest absolute Gasteiger partial charge is 0.377 e. The highest BCUT2D eigenvalue weighted by atomic mass is 16.5. The van der Waals surface area contributed by atoms with Gasteiger partial charge in [0.05, 0.1) is 13.8 Å². The van der Waals surface area contributed by atoms with E-state index in [0.717, 1.165) is 6.54 Å². The molecule has 0 saturated heterocycles. The summed E-state index contributed by atoms with van der Waals surface area (Å²) in [6.45, 7) is 1.35. The van der Waals surface area contributed by atoms with E-state index in [9.17, 15) is 4.79 Å². The number of methoxy groups -OCH3 is 1. The lowest BCUT2D eigenvalue weighted by Gasteiger charge is -2.16. The Labute approximate surface area is 111 Å². The normalized spacial score (nSPS) is 10.7. The van der Waals surface area contributed by atoms with Gasteiger partial charge < -0.3 is 4.74 Å². The van der Waals surface area contributed by atoms with Gasteiger partial charge in [0.2, 0.25) is 0 Å². The molecule has 0 unspecified atom stereocenters. The maximum atomic E-state index is 11.2. The van der Waals surface area contributed by atoms with E-state index in [2.05, 4.69) is 31.9 Å². The van der Waals surface area contributed by atoms with Gasteiger partial charge in [0, 0.05) is 6.54 Å². The lowest BCUT2D eigenvalue weighted by molar-refractivity contribution is 0.0585. The number of rotatable bonds is 5. The Balaban J connectivity index is 1.94. The molecule has 0 bridgehead atoms. The zero-order valence-electron chi connectivity index (χ0n) is 11.0. The Bertz CT molecular complexity index is 539. The van der Waals surface area contributed by atoms with Crippen LogP contribution in [0.4, 0.5) is 0 Å². The summed E-state index contributed by atoms with van der Waals surface area (Å²) in [6, 6.07) is 10.1. The predicted octanol–water partition coefficient (Wildman–Crippen LogP) is 1.15. The molecule has 1 aromatic carbocycles. The highest BCUT2D eigenvalue weighted by Gasteiger charge is 2.11. The number of carbonyl (C=O) groups is 1. The van der Waals surface area contributed by atoms with E-state index in [-0.39, 0.29) is 5.82 Å². The fourth-order valence-electron chi connectivity index (χ4n) is 1.74. The average molecular weight is 260 g/mol. The van der Waals surface area contributed by atoms with Gasteiger partial charge in [-0.3, -0.25) is 4.90 Å². The maximum absolute atomic E-state index is 11.2. The van der Waals surface area contributed by atoms with Gasteiger partial charge in [-0.2, -0.15) is 0 Å². The van der Waals surface area contributed by atoms with E-state index >= 15 is 0 Å². The number of ether oxygens (including phenoxy) is 1. The molecule has 19 heavy (non-hydrogen) atoms. The molecule has 0 amide bonds. The molecule has 0 radical (unpaired) electrons. The first-order valence-electron chi connectivity index (χ1n) is 5.89. The SMILES string of the molecule is COC(=O)c1ncn(CN(C)Cc2ccccc2)n1. The minimum atomic E-state index is -0.524. The van der Waals surface area contributed by atoms with E-state index in [4.69, 9.17) is 0 Å². The first-order valence-corrected chi connectivity index (χ1v) is 5.89. The lowest BCUT2D eigenvalue weighted by atomic mass is 10.2. The van der Waals surface area contributed by atoms with E-state index in [1.165, 1.54) is 19.0 Å². The number of esters is 1. The van der Waals surface area contributed by atoms with Crippen LogP contribution < -0.4 is 0 Å². The summed E-state index contributed by atoms with van der Waals surface area (Å²) in [6.07, 6.45) is 1.52. The molecule has 6 nitrogen and oxygen atoms in total. The van der Waals surface area contributed by atoms with Crippen LogP contribution in [0.1, 0.15) is 16.2 Å². The van der Waals surface area contributed by atoms with E-state index < -0.39 is 5.97 Å². The second-order valence-electron chi connectivity index (χ2n) is 4.24. The van der Waals surface area contributed by atoms with Crippen molar-refractivity contribution < 1.29 is 9.53 Å². The van der Waals surface area contributed by atoms with Crippen molar-refractivity contribution in [3.8, 4) is 0 Å². The average Bonchev–Trinajstić information content (AvgIpc) is 2.87. The van der Waals surface area contributed by atoms with Crippen molar-refractivity contribution in [2.24, 2.45) is 0 Å². The summed E-state index contributed by atoms with van der Waals surface area (Å²) < 4.78 is 6.17. The summed E-state index contributed by atoms with van der Waals surface area (Å²) in [5.41, 5.74) is 1.22. The molecule has 1 heterocycles. The third-order valence-electron chi connectivity index (χ3n) is 2.59. The predicted molar refractivity (Wildman–Crippen MR) is 69.3 cm³/mol. The van der Waals surface area contributed by atoms with Crippen LogP contribution in [0.3, 0.4) is 0 Å². The summed E-state index contributed by atoms with van der Waals surface area (Å²) in [4.78, 5) is 17.2. The molecule has 0 atom stereocenters. The molecular formula is C13H16N4O2. The molecule has 2 rings (SSSR count). The van der Waals surface area contributed by atoms with E-state index in [0.29, 0.717) is 6.67 Å². The highest BCUT2D eigenvalue weighted by molar-refractivity contribution is 5.84.